The lowest BCUT2D eigenvalue weighted by Gasteiger charge is -2.49. The summed E-state index contributed by atoms with van der Waals surface area (Å²) in [4.78, 5) is 43.4. The van der Waals surface area contributed by atoms with Crippen LogP contribution in [0.4, 0.5) is 0 Å². The molecule has 0 radical (unpaired) electrons. The molecule has 3 saturated heterocycles. The van der Waals surface area contributed by atoms with Gasteiger partial charge in [-0.05, 0) is 81.3 Å². The van der Waals surface area contributed by atoms with Gasteiger partial charge in [0.25, 0.3) is 0 Å². The van der Waals surface area contributed by atoms with Gasteiger partial charge in [-0.1, -0.05) is 41.0 Å². The Morgan fingerprint density at radius 2 is 1.53 bits per heavy atom. The van der Waals surface area contributed by atoms with Crippen molar-refractivity contribution in [1.82, 2.24) is 4.90 Å². The molecule has 3 rings (SSSR count). The molecule has 2 unspecified atom stereocenters. The van der Waals surface area contributed by atoms with Gasteiger partial charge in [-0.2, -0.15) is 0 Å². The fourth-order valence-corrected chi connectivity index (χ4v) is 9.05. The Bertz CT molecular complexity index is 1330. The molecule has 332 valence electrons. The number of likely N-dealkylation sites (N-methyl/N-ethyl adjacent to an activating group) is 1. The zero-order valence-electron chi connectivity index (χ0n) is 36.9. The van der Waals surface area contributed by atoms with E-state index in [1.807, 2.05) is 32.8 Å². The number of rotatable bonds is 11. The first-order chi connectivity index (χ1) is 26.4. The fraction of sp³-hybridized carbons (Fsp3) is 0.929. The van der Waals surface area contributed by atoms with Gasteiger partial charge in [0.15, 0.2) is 18.7 Å². The third kappa shape index (κ3) is 11.5. The lowest BCUT2D eigenvalue weighted by atomic mass is 9.74. The quantitative estimate of drug-likeness (QED) is 0.221. The van der Waals surface area contributed by atoms with Gasteiger partial charge in [0, 0.05) is 37.7 Å². The van der Waals surface area contributed by atoms with E-state index in [1.165, 1.54) is 27.9 Å². The Balaban J connectivity index is 2.23. The largest absolute Gasteiger partial charge is 0.459 e. The van der Waals surface area contributed by atoms with Crippen LogP contribution in [0.15, 0.2) is 0 Å². The molecule has 0 saturated carbocycles. The third-order valence-corrected chi connectivity index (χ3v) is 12.8. The molecule has 3 heterocycles. The molecule has 0 aromatic carbocycles. The monoisotopic (exact) mass is 818 g/mol. The number of aliphatic hydroxyl groups is 4. The van der Waals surface area contributed by atoms with Crippen molar-refractivity contribution in [3.8, 4) is 0 Å². The van der Waals surface area contributed by atoms with Crippen molar-refractivity contribution < 1.29 is 68.0 Å². The number of ether oxygens (including phenoxy) is 7. The van der Waals surface area contributed by atoms with Crippen LogP contribution in [0.2, 0.25) is 0 Å². The van der Waals surface area contributed by atoms with Crippen LogP contribution in [0.25, 0.3) is 0 Å². The minimum Gasteiger partial charge on any atom is -0.459 e. The lowest BCUT2D eigenvalue weighted by molar-refractivity contribution is -0.319. The number of nitrogens with zero attached hydrogens (tertiary/aromatic N) is 1. The molecule has 3 fully saturated rings. The van der Waals surface area contributed by atoms with Gasteiger partial charge in [0.05, 0.1) is 53.7 Å². The molecule has 4 N–H and O–H groups in total. The number of ketones is 1. The molecule has 15 nitrogen and oxygen atoms in total. The number of Topliss-reactive ketones (excluding diaryl/α,β-unsaturated/α-hetero) is 1. The maximum atomic E-state index is 14.3. The second-order valence-corrected chi connectivity index (χ2v) is 18.0. The zero-order chi connectivity index (χ0) is 43.4. The van der Waals surface area contributed by atoms with E-state index in [0.29, 0.717) is 12.8 Å². The van der Waals surface area contributed by atoms with Gasteiger partial charge < -0.3 is 58.5 Å². The van der Waals surface area contributed by atoms with E-state index >= 15 is 0 Å². The Morgan fingerprint density at radius 1 is 0.895 bits per heavy atom. The van der Waals surface area contributed by atoms with Gasteiger partial charge in [-0.25, -0.2) is 0 Å². The summed E-state index contributed by atoms with van der Waals surface area (Å²) in [6.45, 7) is 18.4. The minimum absolute atomic E-state index is 0.0768. The summed E-state index contributed by atoms with van der Waals surface area (Å²) >= 11 is 0. The molecule has 57 heavy (non-hydrogen) atoms. The number of unbranched alkanes of at least 4 members (excludes halogenated alkanes) is 1. The fourth-order valence-electron chi connectivity index (χ4n) is 9.05. The highest BCUT2D eigenvalue weighted by atomic mass is 16.7. The molecule has 0 bridgehead atoms. The summed E-state index contributed by atoms with van der Waals surface area (Å²) in [5.41, 5.74) is -4.93. The molecule has 0 spiro atoms. The Morgan fingerprint density at radius 3 is 2.09 bits per heavy atom. The van der Waals surface area contributed by atoms with E-state index in [2.05, 4.69) is 0 Å². The third-order valence-electron chi connectivity index (χ3n) is 12.8. The van der Waals surface area contributed by atoms with Gasteiger partial charge in [0.1, 0.15) is 23.6 Å². The van der Waals surface area contributed by atoms with Gasteiger partial charge in [-0.3, -0.25) is 14.4 Å². The first-order valence-electron chi connectivity index (χ1n) is 20.9. The predicted molar refractivity (Wildman–Crippen MR) is 210 cm³/mol. The SMILES string of the molecule is CCCCC(=O)O[C@@H]1C(O[C@@H]2[C@@H](C)[C@H](OC3C[C@](C)(OC)[C@H](O)[C@@H](C)O3)[C@@H](C)C(=O)O[C@H](CC)[C@@](C)(O)[C@H](O)[C@@H](C)C(=O)[C@H](C)C[C@@]2(C)O)O[C@@H](C)C[C@H]1N(C)C. The summed E-state index contributed by atoms with van der Waals surface area (Å²) in [7, 11) is 5.24. The number of carbonyl (C=O) groups excluding carboxylic acids is 3. The average molecular weight is 818 g/mol. The summed E-state index contributed by atoms with van der Waals surface area (Å²) in [6.07, 6.45) is -8.15. The van der Waals surface area contributed by atoms with Crippen LogP contribution >= 0.6 is 0 Å². The standard InChI is InChI=1S/C42H75NO14/c1-15-17-18-30(44)55-34-28(43(12)13)19-23(4)52-39(34)57-37-25(6)33(56-31-21-41(10,51-14)36(47)27(8)53-31)26(7)38(48)54-29(16-2)42(11,50)35(46)24(5)32(45)22(3)20-40(37,9)49/h22-29,31,33-37,39,46-47,49-50H,15-21H2,1-14H3/t22-,23+,24+,25+,26-,27-,28-,29-,31?,33+,34+,35-,36-,37-,39?,40-,41+,42-/m1/s1. The molecule has 15 heteroatoms. The Hall–Kier alpha value is -1.79. The van der Waals surface area contributed by atoms with Crippen LogP contribution in [0, 0.1) is 23.7 Å². The minimum atomic E-state index is -2.01. The topological polar surface area (TPSA) is 200 Å². The van der Waals surface area contributed by atoms with E-state index < -0.39 is 114 Å². The predicted octanol–water partition coefficient (Wildman–Crippen LogP) is 3.53. The highest BCUT2D eigenvalue weighted by Crippen LogP contribution is 2.41. The molecule has 0 amide bonds. The second kappa shape index (κ2) is 20.2. The number of hydrogen-bond acceptors (Lipinski definition) is 15. The van der Waals surface area contributed by atoms with Gasteiger partial charge in [0.2, 0.25) is 0 Å². The van der Waals surface area contributed by atoms with Crippen molar-refractivity contribution in [3.63, 3.8) is 0 Å². The molecular formula is C42H75NO14. The first-order valence-corrected chi connectivity index (χ1v) is 20.9. The summed E-state index contributed by atoms with van der Waals surface area (Å²) in [5, 5.41) is 46.7. The molecule has 3 aliphatic rings. The number of aliphatic hydroxyl groups excluding tert-OH is 2. The van der Waals surface area contributed by atoms with Crippen molar-refractivity contribution in [3.05, 3.63) is 0 Å². The van der Waals surface area contributed by atoms with Gasteiger partial charge in [-0.15, -0.1) is 0 Å². The van der Waals surface area contributed by atoms with Crippen LogP contribution in [0.5, 0.6) is 0 Å². The first kappa shape index (κ1) is 49.6. The highest BCUT2D eigenvalue weighted by Gasteiger charge is 2.54. The van der Waals surface area contributed by atoms with E-state index in [4.69, 9.17) is 33.2 Å². The molecule has 0 aromatic rings. The van der Waals surface area contributed by atoms with Crippen LogP contribution in [-0.2, 0) is 47.5 Å². The summed E-state index contributed by atoms with van der Waals surface area (Å²) in [5.74, 6) is -5.53. The molecule has 0 aromatic heterocycles. The van der Waals surface area contributed by atoms with E-state index in [1.54, 1.807) is 41.5 Å². The normalized spacial score (nSPS) is 45.6. The van der Waals surface area contributed by atoms with Crippen molar-refractivity contribution >= 4 is 17.7 Å². The summed E-state index contributed by atoms with van der Waals surface area (Å²) < 4.78 is 44.0. The molecule has 18 atom stereocenters. The van der Waals surface area contributed by atoms with E-state index in [0.717, 1.165) is 6.42 Å². The molecule has 0 aliphatic carbocycles. The van der Waals surface area contributed by atoms with E-state index in [9.17, 15) is 34.8 Å². The molecular weight excluding hydrogens is 742 g/mol. The number of cyclic esters (lactones) is 1. The average Bonchev–Trinajstić information content (AvgIpc) is 3.14. The summed E-state index contributed by atoms with van der Waals surface area (Å²) in [6, 6.07) is -0.319. The van der Waals surface area contributed by atoms with Crippen molar-refractivity contribution in [1.29, 1.82) is 0 Å². The smallest absolute Gasteiger partial charge is 0.311 e. The highest BCUT2D eigenvalue weighted by molar-refractivity contribution is 5.83. The number of methoxy groups -OCH3 is 1. The zero-order valence-corrected chi connectivity index (χ0v) is 36.9. The Labute approximate surface area is 340 Å². The van der Waals surface area contributed by atoms with Crippen molar-refractivity contribution in [2.24, 2.45) is 23.7 Å². The van der Waals surface area contributed by atoms with Crippen LogP contribution in [-0.4, -0.2) is 149 Å². The maximum Gasteiger partial charge on any atom is 0.311 e. The number of esters is 2. The second-order valence-electron chi connectivity index (χ2n) is 18.0. The Kier molecular flexibility index (Phi) is 17.6. The van der Waals surface area contributed by atoms with E-state index in [-0.39, 0.29) is 37.8 Å². The van der Waals surface area contributed by atoms with Crippen LogP contribution < -0.4 is 0 Å². The van der Waals surface area contributed by atoms with Crippen molar-refractivity contribution in [2.75, 3.05) is 21.2 Å². The molecule has 3 aliphatic heterocycles. The number of carbonyl (C=O) groups is 3. The number of hydrogen-bond donors (Lipinski definition) is 4. The van der Waals surface area contributed by atoms with Crippen LogP contribution in [0.1, 0.15) is 121 Å². The van der Waals surface area contributed by atoms with Crippen LogP contribution in [0.3, 0.4) is 0 Å². The lowest BCUT2D eigenvalue weighted by Crippen LogP contribution is -2.61. The van der Waals surface area contributed by atoms with Crippen molar-refractivity contribution in [2.45, 2.75) is 205 Å². The van der Waals surface area contributed by atoms with Gasteiger partial charge >= 0.3 is 11.9 Å². The maximum absolute atomic E-state index is 14.3.